The predicted molar refractivity (Wildman–Crippen MR) is 101 cm³/mol. The summed E-state index contributed by atoms with van der Waals surface area (Å²) in [6.45, 7) is 4.04. The van der Waals surface area contributed by atoms with Crippen LogP contribution in [-0.2, 0) is 9.59 Å². The minimum Gasteiger partial charge on any atom is -0.482 e. The van der Waals surface area contributed by atoms with Gasteiger partial charge in [0, 0.05) is 23.0 Å². The van der Waals surface area contributed by atoms with E-state index in [1.165, 1.54) is 0 Å². The predicted octanol–water partition coefficient (Wildman–Crippen LogP) is 3.43. The quantitative estimate of drug-likeness (QED) is 0.815. The summed E-state index contributed by atoms with van der Waals surface area (Å²) < 4.78 is 5.48. The fourth-order valence-electron chi connectivity index (χ4n) is 4.05. The molecule has 2 amide bonds. The Kier molecular flexibility index (Phi) is 5.98. The first-order valence-corrected chi connectivity index (χ1v) is 9.78. The van der Waals surface area contributed by atoms with Crippen molar-refractivity contribution < 1.29 is 14.3 Å². The minimum absolute atomic E-state index is 0.0499. The van der Waals surface area contributed by atoms with E-state index in [4.69, 9.17) is 27.9 Å². The molecule has 0 radical (unpaired) electrons. The number of fused-ring (bicyclic) bond motifs is 1. The highest BCUT2D eigenvalue weighted by atomic mass is 35.5. The summed E-state index contributed by atoms with van der Waals surface area (Å²) in [7, 11) is 0. The molecule has 0 aromatic heterocycles. The maximum absolute atomic E-state index is 12.2. The van der Waals surface area contributed by atoms with Crippen LogP contribution in [0.2, 0.25) is 10.0 Å². The standard InChI is InChI=1S/C19H24Cl2N2O3/c1-10-11(2)19(25)23-16-8-13(4-5-14(10)16)22-18(24)9-26-17-6-3-12(20)7-15(17)21/h3,6-7,10-11,13-14,16H,4-5,8-9H2,1-2H3,(H,22,24)(H,23,25). The van der Waals surface area contributed by atoms with Gasteiger partial charge in [0.25, 0.3) is 5.91 Å². The number of nitrogens with one attached hydrogen (secondary N) is 2. The molecule has 1 aliphatic carbocycles. The SMILES string of the molecule is CC1C(=O)NC2CC(NC(=O)COc3ccc(Cl)cc3Cl)CCC2C1C. The van der Waals surface area contributed by atoms with Crippen molar-refractivity contribution in [2.75, 3.05) is 6.61 Å². The van der Waals surface area contributed by atoms with Gasteiger partial charge in [-0.1, -0.05) is 37.0 Å². The van der Waals surface area contributed by atoms with Crippen LogP contribution in [0.4, 0.5) is 0 Å². The maximum Gasteiger partial charge on any atom is 0.258 e. The molecule has 5 atom stereocenters. The molecule has 1 heterocycles. The highest BCUT2D eigenvalue weighted by molar-refractivity contribution is 6.35. The van der Waals surface area contributed by atoms with Crippen molar-refractivity contribution in [3.8, 4) is 5.75 Å². The number of halogens is 2. The first-order chi connectivity index (χ1) is 12.3. The number of carbonyl (C=O) groups is 2. The van der Waals surface area contributed by atoms with Gasteiger partial charge >= 0.3 is 0 Å². The fourth-order valence-corrected chi connectivity index (χ4v) is 4.51. The van der Waals surface area contributed by atoms with Crippen LogP contribution in [0.15, 0.2) is 18.2 Å². The van der Waals surface area contributed by atoms with Gasteiger partial charge in [-0.05, 0) is 49.3 Å². The summed E-state index contributed by atoms with van der Waals surface area (Å²) >= 11 is 11.9. The van der Waals surface area contributed by atoms with E-state index in [-0.39, 0.29) is 36.4 Å². The Bertz CT molecular complexity index is 697. The Morgan fingerprint density at radius 2 is 2.08 bits per heavy atom. The number of hydrogen-bond donors (Lipinski definition) is 2. The van der Waals surface area contributed by atoms with Crippen LogP contribution in [0.1, 0.15) is 33.1 Å². The average Bonchev–Trinajstić information content (AvgIpc) is 2.59. The molecule has 3 rings (SSSR count). The van der Waals surface area contributed by atoms with Crippen LogP contribution in [0.5, 0.6) is 5.75 Å². The molecule has 26 heavy (non-hydrogen) atoms. The third-order valence-electron chi connectivity index (χ3n) is 5.73. The van der Waals surface area contributed by atoms with E-state index in [1.807, 2.05) is 6.92 Å². The van der Waals surface area contributed by atoms with Crippen molar-refractivity contribution in [3.63, 3.8) is 0 Å². The van der Waals surface area contributed by atoms with Gasteiger partial charge in [-0.15, -0.1) is 0 Å². The first-order valence-electron chi connectivity index (χ1n) is 9.02. The van der Waals surface area contributed by atoms with E-state index in [9.17, 15) is 9.59 Å². The van der Waals surface area contributed by atoms with E-state index in [1.54, 1.807) is 18.2 Å². The normalized spacial score (nSPS) is 30.9. The molecular formula is C19H24Cl2N2O3. The molecule has 2 N–H and O–H groups in total. The summed E-state index contributed by atoms with van der Waals surface area (Å²) in [6, 6.07) is 5.07. The van der Waals surface area contributed by atoms with Crippen molar-refractivity contribution in [3.05, 3.63) is 28.2 Å². The van der Waals surface area contributed by atoms with Crippen LogP contribution in [0, 0.1) is 17.8 Å². The third-order valence-corrected chi connectivity index (χ3v) is 6.26. The lowest BCUT2D eigenvalue weighted by atomic mass is 9.68. The van der Waals surface area contributed by atoms with Crippen molar-refractivity contribution >= 4 is 35.0 Å². The van der Waals surface area contributed by atoms with Gasteiger partial charge in [-0.3, -0.25) is 9.59 Å². The van der Waals surface area contributed by atoms with E-state index in [0.29, 0.717) is 27.6 Å². The Balaban J connectivity index is 1.50. The van der Waals surface area contributed by atoms with Crippen molar-refractivity contribution in [1.29, 1.82) is 0 Å². The lowest BCUT2D eigenvalue weighted by molar-refractivity contribution is -0.132. The number of piperidine rings is 1. The number of amides is 2. The number of benzene rings is 1. The molecule has 2 fully saturated rings. The van der Waals surface area contributed by atoms with Gasteiger partial charge in [-0.25, -0.2) is 0 Å². The Morgan fingerprint density at radius 1 is 1.31 bits per heavy atom. The number of hydrogen-bond acceptors (Lipinski definition) is 3. The molecule has 142 valence electrons. The van der Waals surface area contributed by atoms with Crippen molar-refractivity contribution in [2.24, 2.45) is 17.8 Å². The summed E-state index contributed by atoms with van der Waals surface area (Å²) in [6.07, 6.45) is 2.69. The highest BCUT2D eigenvalue weighted by Gasteiger charge is 2.42. The van der Waals surface area contributed by atoms with Gasteiger partial charge in [0.05, 0.1) is 5.02 Å². The minimum atomic E-state index is -0.192. The molecule has 0 spiro atoms. The molecule has 1 saturated carbocycles. The molecule has 1 aromatic rings. The van der Waals surface area contributed by atoms with Gasteiger partial charge in [0.2, 0.25) is 5.91 Å². The third kappa shape index (κ3) is 4.26. The zero-order valence-corrected chi connectivity index (χ0v) is 16.4. The Morgan fingerprint density at radius 3 is 2.81 bits per heavy atom. The van der Waals surface area contributed by atoms with Gasteiger partial charge in [-0.2, -0.15) is 0 Å². The van der Waals surface area contributed by atoms with Crippen LogP contribution in [0.25, 0.3) is 0 Å². The maximum atomic E-state index is 12.2. The number of carbonyl (C=O) groups excluding carboxylic acids is 2. The summed E-state index contributed by atoms with van der Waals surface area (Å²) in [5.41, 5.74) is 0. The van der Waals surface area contributed by atoms with Crippen molar-refractivity contribution in [1.82, 2.24) is 10.6 Å². The first kappa shape index (κ1) is 19.3. The zero-order chi connectivity index (χ0) is 18.8. The van der Waals surface area contributed by atoms with E-state index in [0.717, 1.165) is 19.3 Å². The van der Waals surface area contributed by atoms with Crippen LogP contribution in [0.3, 0.4) is 0 Å². The Hall–Kier alpha value is -1.46. The lowest BCUT2D eigenvalue weighted by Crippen LogP contribution is -2.57. The Labute approximate surface area is 163 Å². The monoisotopic (exact) mass is 398 g/mol. The number of ether oxygens (including phenoxy) is 1. The zero-order valence-electron chi connectivity index (χ0n) is 14.9. The van der Waals surface area contributed by atoms with Gasteiger partial charge < -0.3 is 15.4 Å². The highest BCUT2D eigenvalue weighted by Crippen LogP contribution is 2.37. The van der Waals surface area contributed by atoms with Crippen molar-refractivity contribution in [2.45, 2.75) is 45.2 Å². The topological polar surface area (TPSA) is 67.4 Å². The molecule has 0 bridgehead atoms. The molecule has 7 heteroatoms. The molecule has 1 saturated heterocycles. The van der Waals surface area contributed by atoms with Gasteiger partial charge in [0.15, 0.2) is 6.61 Å². The molecular weight excluding hydrogens is 375 g/mol. The molecule has 2 aliphatic rings. The smallest absolute Gasteiger partial charge is 0.258 e. The summed E-state index contributed by atoms with van der Waals surface area (Å²) in [4.78, 5) is 24.3. The molecule has 1 aliphatic heterocycles. The molecule has 1 aromatic carbocycles. The van der Waals surface area contributed by atoms with Crippen LogP contribution < -0.4 is 15.4 Å². The summed E-state index contributed by atoms with van der Waals surface area (Å²) in [5, 5.41) is 7.02. The van der Waals surface area contributed by atoms with Crippen LogP contribution >= 0.6 is 23.2 Å². The van der Waals surface area contributed by atoms with Gasteiger partial charge in [0.1, 0.15) is 5.75 Å². The second-order valence-corrected chi connectivity index (χ2v) is 8.21. The number of rotatable bonds is 4. The van der Waals surface area contributed by atoms with Crippen LogP contribution in [-0.4, -0.2) is 30.5 Å². The van der Waals surface area contributed by atoms with E-state index < -0.39 is 0 Å². The fraction of sp³-hybridized carbons (Fsp3) is 0.579. The second kappa shape index (κ2) is 8.05. The van der Waals surface area contributed by atoms with E-state index >= 15 is 0 Å². The summed E-state index contributed by atoms with van der Waals surface area (Å²) in [5.74, 6) is 1.27. The lowest BCUT2D eigenvalue weighted by Gasteiger charge is -2.45. The molecule has 5 unspecified atom stereocenters. The second-order valence-electron chi connectivity index (χ2n) is 7.37. The average molecular weight is 399 g/mol. The van der Waals surface area contributed by atoms with E-state index in [2.05, 4.69) is 17.6 Å². The molecule has 5 nitrogen and oxygen atoms in total. The largest absolute Gasteiger partial charge is 0.482 e.